The minimum atomic E-state index is 0.334. The van der Waals surface area contributed by atoms with Gasteiger partial charge in [-0.05, 0) is 66.2 Å². The lowest BCUT2D eigenvalue weighted by Crippen LogP contribution is -2.22. The van der Waals surface area contributed by atoms with Crippen LogP contribution in [0.5, 0.6) is 0 Å². The van der Waals surface area contributed by atoms with E-state index in [2.05, 4.69) is 182 Å². The van der Waals surface area contributed by atoms with Gasteiger partial charge in [0.15, 0.2) is 0 Å². The number of anilines is 2. The SMILES string of the molecule is C=C1C=CCN(c2c(-c3ccc(C#N)nc3)cc(-c3ccc(C#N)nc3)c(-n3c4ccccc4c4ccccc43)c2-n2c3ccccc3c3ccccc32)c2ccccc21. The highest BCUT2D eigenvalue weighted by Gasteiger charge is 2.32. The molecule has 0 radical (unpaired) electrons. The van der Waals surface area contributed by atoms with Crippen LogP contribution in [-0.4, -0.2) is 25.6 Å². The topological polar surface area (TPSA) is 86.5 Å². The van der Waals surface area contributed by atoms with E-state index in [4.69, 9.17) is 0 Å². The molecule has 0 saturated heterocycles. The molecule has 280 valence electrons. The van der Waals surface area contributed by atoms with Crippen molar-refractivity contribution in [1.82, 2.24) is 19.1 Å². The quantitative estimate of drug-likeness (QED) is 0.174. The van der Waals surface area contributed by atoms with Crippen molar-refractivity contribution in [2.45, 2.75) is 0 Å². The predicted octanol–water partition coefficient (Wildman–Crippen LogP) is 12.5. The van der Waals surface area contributed by atoms with Crippen LogP contribution in [0, 0.1) is 22.7 Å². The lowest BCUT2D eigenvalue weighted by Gasteiger charge is -2.33. The predicted molar refractivity (Wildman–Crippen MR) is 243 cm³/mol. The maximum Gasteiger partial charge on any atom is 0.140 e. The zero-order valence-electron chi connectivity index (χ0n) is 32.3. The lowest BCUT2D eigenvalue weighted by molar-refractivity contribution is 1.04. The van der Waals surface area contributed by atoms with Crippen LogP contribution in [0.4, 0.5) is 11.4 Å². The Morgan fingerprint density at radius 3 is 1.42 bits per heavy atom. The summed E-state index contributed by atoms with van der Waals surface area (Å²) >= 11 is 0. The normalized spacial score (nSPS) is 12.5. The minimum absolute atomic E-state index is 0.334. The molecule has 7 nitrogen and oxygen atoms in total. The van der Waals surface area contributed by atoms with Crippen LogP contribution in [-0.2, 0) is 0 Å². The molecule has 60 heavy (non-hydrogen) atoms. The van der Waals surface area contributed by atoms with Gasteiger partial charge in [-0.1, -0.05) is 110 Å². The van der Waals surface area contributed by atoms with E-state index in [9.17, 15) is 10.5 Å². The number of rotatable bonds is 5. The van der Waals surface area contributed by atoms with Crippen molar-refractivity contribution in [1.29, 1.82) is 10.5 Å². The Balaban J connectivity index is 1.44. The fraction of sp³-hybridized carbons (Fsp3) is 0.0189. The number of nitrogens with zero attached hydrogens (tertiary/aromatic N) is 7. The standard InChI is InChI=1S/C53H33N7/c1-34-13-12-28-58(46-19-7-2-14-39(34)46)51-44(35-24-26-37(30-54)56-32-35)29-45(36-25-27-38(31-55)57-33-36)52(59-47-20-8-3-15-40(47)41-16-4-9-21-48(41)59)53(51)60-49-22-10-5-17-42(49)43-18-6-11-23-50(43)60/h2-27,29,32-33H,1,28H2. The number of para-hydroxylation sites is 5. The zero-order valence-corrected chi connectivity index (χ0v) is 32.3. The highest BCUT2D eigenvalue weighted by atomic mass is 15.2. The summed E-state index contributed by atoms with van der Waals surface area (Å²) in [6.45, 7) is 5.04. The van der Waals surface area contributed by atoms with Crippen molar-refractivity contribution < 1.29 is 0 Å². The summed E-state index contributed by atoms with van der Waals surface area (Å²) in [5.74, 6) is 0. The summed E-state index contributed by atoms with van der Waals surface area (Å²) in [4.78, 5) is 11.7. The molecular formula is C53H33N7. The molecule has 5 heterocycles. The summed E-state index contributed by atoms with van der Waals surface area (Å²) in [5.41, 5.74) is 14.1. The Hall–Kier alpha value is -8.52. The van der Waals surface area contributed by atoms with Crippen LogP contribution in [0.1, 0.15) is 17.0 Å². The van der Waals surface area contributed by atoms with Gasteiger partial charge < -0.3 is 14.0 Å². The maximum absolute atomic E-state index is 9.88. The molecular weight excluding hydrogens is 735 g/mol. The first-order valence-electron chi connectivity index (χ1n) is 19.8. The van der Waals surface area contributed by atoms with Crippen molar-refractivity contribution >= 4 is 60.6 Å². The van der Waals surface area contributed by atoms with Gasteiger partial charge in [0.2, 0.25) is 0 Å². The van der Waals surface area contributed by atoms with Gasteiger partial charge in [-0.15, -0.1) is 0 Å². The fourth-order valence-electron chi connectivity index (χ4n) is 9.05. The Bertz CT molecular complexity index is 3390. The van der Waals surface area contributed by atoms with Gasteiger partial charge in [0.25, 0.3) is 0 Å². The molecule has 10 aromatic rings. The second kappa shape index (κ2) is 13.8. The number of aromatic nitrogens is 4. The summed E-state index contributed by atoms with van der Waals surface area (Å²) in [5, 5.41) is 24.3. The van der Waals surface area contributed by atoms with Crippen molar-refractivity contribution in [3.8, 4) is 45.8 Å². The smallest absolute Gasteiger partial charge is 0.140 e. The number of benzene rings is 6. The third-order valence-corrected chi connectivity index (χ3v) is 11.7. The van der Waals surface area contributed by atoms with Crippen LogP contribution in [0.25, 0.3) is 82.8 Å². The first-order valence-corrected chi connectivity index (χ1v) is 19.8. The third kappa shape index (κ3) is 5.27. The van der Waals surface area contributed by atoms with Crippen molar-refractivity contribution in [3.63, 3.8) is 0 Å². The van der Waals surface area contributed by atoms with E-state index in [0.29, 0.717) is 17.9 Å². The molecule has 0 aliphatic carbocycles. The molecule has 0 saturated carbocycles. The van der Waals surface area contributed by atoms with Gasteiger partial charge in [-0.25, -0.2) is 9.97 Å². The van der Waals surface area contributed by atoms with Crippen molar-refractivity contribution in [2.75, 3.05) is 11.4 Å². The molecule has 4 aromatic heterocycles. The van der Waals surface area contributed by atoms with Crippen LogP contribution in [0.3, 0.4) is 0 Å². The fourth-order valence-corrected chi connectivity index (χ4v) is 9.05. The summed E-state index contributed by atoms with van der Waals surface area (Å²) < 4.78 is 4.83. The van der Waals surface area contributed by atoms with Gasteiger partial charge in [0.1, 0.15) is 23.5 Å². The summed E-state index contributed by atoms with van der Waals surface area (Å²) in [6.07, 6.45) is 7.88. The monoisotopic (exact) mass is 767 g/mol. The van der Waals surface area contributed by atoms with E-state index in [1.54, 1.807) is 24.5 Å². The first kappa shape index (κ1) is 34.7. The van der Waals surface area contributed by atoms with Crippen LogP contribution < -0.4 is 4.90 Å². The Morgan fingerprint density at radius 1 is 0.483 bits per heavy atom. The van der Waals surface area contributed by atoms with Crippen LogP contribution >= 0.6 is 0 Å². The molecule has 6 aromatic carbocycles. The zero-order chi connectivity index (χ0) is 40.3. The summed E-state index contributed by atoms with van der Waals surface area (Å²) in [7, 11) is 0. The molecule has 0 bridgehead atoms. The molecule has 0 spiro atoms. The van der Waals surface area contributed by atoms with E-state index in [1.807, 2.05) is 12.1 Å². The molecule has 0 atom stereocenters. The molecule has 0 amide bonds. The number of pyridine rings is 2. The first-order chi connectivity index (χ1) is 29.6. The van der Waals surface area contributed by atoms with Crippen molar-refractivity contribution in [2.24, 2.45) is 0 Å². The van der Waals surface area contributed by atoms with Gasteiger partial charge in [-0.3, -0.25) is 0 Å². The molecule has 0 N–H and O–H groups in total. The number of fused-ring (bicyclic) bond motifs is 7. The van der Waals surface area contributed by atoms with E-state index >= 15 is 0 Å². The number of hydrogen-bond acceptors (Lipinski definition) is 5. The van der Waals surface area contributed by atoms with Gasteiger partial charge in [0, 0.05) is 74.0 Å². The molecule has 7 heteroatoms. The van der Waals surface area contributed by atoms with Gasteiger partial charge >= 0.3 is 0 Å². The van der Waals surface area contributed by atoms with Crippen LogP contribution in [0.15, 0.2) is 183 Å². The third-order valence-electron chi connectivity index (χ3n) is 11.7. The van der Waals surface area contributed by atoms with Gasteiger partial charge in [-0.2, -0.15) is 10.5 Å². The molecule has 0 fully saturated rings. The average Bonchev–Trinajstić information content (AvgIpc) is 3.76. The Kier molecular flexibility index (Phi) is 8.01. The second-order valence-corrected chi connectivity index (χ2v) is 14.9. The largest absolute Gasteiger partial charge is 0.335 e. The van der Waals surface area contributed by atoms with E-state index in [0.717, 1.165) is 99.8 Å². The molecule has 1 aliphatic rings. The second-order valence-electron chi connectivity index (χ2n) is 14.9. The number of allylic oxidation sites excluding steroid dienone is 2. The van der Waals surface area contributed by atoms with E-state index in [1.165, 1.54) is 0 Å². The molecule has 0 unspecified atom stereocenters. The Labute approximate surface area is 345 Å². The van der Waals surface area contributed by atoms with E-state index < -0.39 is 0 Å². The molecule has 11 rings (SSSR count). The average molecular weight is 768 g/mol. The number of hydrogen-bond donors (Lipinski definition) is 0. The molecule has 1 aliphatic heterocycles. The number of nitriles is 2. The van der Waals surface area contributed by atoms with E-state index in [-0.39, 0.29) is 0 Å². The minimum Gasteiger partial charge on any atom is -0.335 e. The maximum atomic E-state index is 9.88. The lowest BCUT2D eigenvalue weighted by atomic mass is 9.93. The highest BCUT2D eigenvalue weighted by molar-refractivity contribution is 6.14. The van der Waals surface area contributed by atoms with Gasteiger partial charge in [0.05, 0.1) is 39.1 Å². The van der Waals surface area contributed by atoms with Crippen LogP contribution in [0.2, 0.25) is 0 Å². The van der Waals surface area contributed by atoms with Crippen molar-refractivity contribution in [3.05, 3.63) is 200 Å². The highest BCUT2D eigenvalue weighted by Crippen LogP contribution is 2.52. The summed E-state index contributed by atoms with van der Waals surface area (Å²) in [6, 6.07) is 57.0. The Morgan fingerprint density at radius 2 is 0.933 bits per heavy atom.